The van der Waals surface area contributed by atoms with E-state index in [4.69, 9.17) is 4.74 Å². The molecule has 3 heteroatoms. The molecule has 1 aromatic heterocycles. The average molecular weight is 219 g/mol. The standard InChI is InChI=1S/C13H17NO2/c1-8-7-14-10-6-5-9(13(2,3)15)12(16-4)11(8)10/h5-7,14-15H,1-4H3. The molecule has 3 nitrogen and oxygen atoms in total. The lowest BCUT2D eigenvalue weighted by molar-refractivity contribution is 0.0759. The fourth-order valence-electron chi connectivity index (χ4n) is 2.05. The number of H-pyrrole nitrogens is 1. The van der Waals surface area contributed by atoms with E-state index < -0.39 is 5.60 Å². The van der Waals surface area contributed by atoms with Crippen molar-refractivity contribution in [2.75, 3.05) is 7.11 Å². The predicted octanol–water partition coefficient (Wildman–Crippen LogP) is 2.71. The molecule has 0 fully saturated rings. The molecule has 0 aliphatic heterocycles. The molecule has 0 saturated heterocycles. The van der Waals surface area contributed by atoms with Crippen LogP contribution in [0.5, 0.6) is 5.75 Å². The zero-order chi connectivity index (χ0) is 11.9. The summed E-state index contributed by atoms with van der Waals surface area (Å²) in [7, 11) is 1.64. The van der Waals surface area contributed by atoms with E-state index in [1.165, 1.54) is 0 Å². The minimum atomic E-state index is -0.900. The predicted molar refractivity (Wildman–Crippen MR) is 64.8 cm³/mol. The van der Waals surface area contributed by atoms with Gasteiger partial charge in [0.15, 0.2) is 0 Å². The molecule has 0 aliphatic carbocycles. The van der Waals surface area contributed by atoms with Crippen LogP contribution >= 0.6 is 0 Å². The highest BCUT2D eigenvalue weighted by Crippen LogP contribution is 2.37. The van der Waals surface area contributed by atoms with Gasteiger partial charge >= 0.3 is 0 Å². The Balaban J connectivity index is 2.82. The van der Waals surface area contributed by atoms with Crippen LogP contribution in [-0.2, 0) is 5.60 Å². The van der Waals surface area contributed by atoms with E-state index in [-0.39, 0.29) is 0 Å². The third-order valence-corrected chi connectivity index (χ3v) is 2.86. The molecule has 2 rings (SSSR count). The summed E-state index contributed by atoms with van der Waals surface area (Å²) >= 11 is 0. The van der Waals surface area contributed by atoms with Crippen LogP contribution in [0.1, 0.15) is 25.0 Å². The molecule has 0 aliphatic rings. The van der Waals surface area contributed by atoms with Crippen LogP contribution in [0.25, 0.3) is 10.9 Å². The number of aromatic amines is 1. The molecule has 0 amide bonds. The molecule has 1 aromatic carbocycles. The molecule has 0 bridgehead atoms. The summed E-state index contributed by atoms with van der Waals surface area (Å²) in [6.45, 7) is 5.55. The third kappa shape index (κ3) is 1.57. The molecule has 2 aromatic rings. The van der Waals surface area contributed by atoms with Gasteiger partial charge in [-0.1, -0.05) is 6.07 Å². The number of nitrogens with one attached hydrogen (secondary N) is 1. The largest absolute Gasteiger partial charge is 0.496 e. The summed E-state index contributed by atoms with van der Waals surface area (Å²) < 4.78 is 5.44. The molecule has 86 valence electrons. The Morgan fingerprint density at radius 1 is 1.31 bits per heavy atom. The zero-order valence-electron chi connectivity index (χ0n) is 10.1. The Morgan fingerprint density at radius 3 is 2.56 bits per heavy atom. The Hall–Kier alpha value is -1.48. The van der Waals surface area contributed by atoms with Crippen LogP contribution in [-0.4, -0.2) is 17.2 Å². The van der Waals surface area contributed by atoms with E-state index in [1.54, 1.807) is 21.0 Å². The minimum Gasteiger partial charge on any atom is -0.496 e. The maximum atomic E-state index is 10.1. The van der Waals surface area contributed by atoms with E-state index in [9.17, 15) is 5.11 Å². The van der Waals surface area contributed by atoms with E-state index in [0.29, 0.717) is 0 Å². The first-order chi connectivity index (χ1) is 7.45. The molecule has 0 atom stereocenters. The number of benzene rings is 1. The summed E-state index contributed by atoms with van der Waals surface area (Å²) in [5, 5.41) is 11.1. The summed E-state index contributed by atoms with van der Waals surface area (Å²) in [5.41, 5.74) is 2.06. The Morgan fingerprint density at radius 2 is 2.00 bits per heavy atom. The fraction of sp³-hybridized carbons (Fsp3) is 0.385. The van der Waals surface area contributed by atoms with Crippen molar-refractivity contribution in [3.8, 4) is 5.75 Å². The number of methoxy groups -OCH3 is 1. The number of hydrogen-bond acceptors (Lipinski definition) is 2. The smallest absolute Gasteiger partial charge is 0.134 e. The lowest BCUT2D eigenvalue weighted by atomic mass is 9.95. The van der Waals surface area contributed by atoms with E-state index >= 15 is 0 Å². The van der Waals surface area contributed by atoms with Crippen molar-refractivity contribution < 1.29 is 9.84 Å². The van der Waals surface area contributed by atoms with Crippen LogP contribution in [0.2, 0.25) is 0 Å². The fourth-order valence-corrected chi connectivity index (χ4v) is 2.05. The van der Waals surface area contributed by atoms with E-state index in [0.717, 1.165) is 27.8 Å². The van der Waals surface area contributed by atoms with Gasteiger partial charge in [0.2, 0.25) is 0 Å². The summed E-state index contributed by atoms with van der Waals surface area (Å²) in [4.78, 5) is 3.18. The minimum absolute atomic E-state index is 0.753. The Kier molecular flexibility index (Phi) is 2.43. The van der Waals surface area contributed by atoms with Gasteiger partial charge < -0.3 is 14.8 Å². The van der Waals surface area contributed by atoms with Crippen molar-refractivity contribution in [2.24, 2.45) is 0 Å². The number of fused-ring (bicyclic) bond motifs is 1. The third-order valence-electron chi connectivity index (χ3n) is 2.86. The number of ether oxygens (including phenoxy) is 1. The molecule has 1 heterocycles. The molecule has 0 radical (unpaired) electrons. The number of aliphatic hydroxyl groups is 1. The lowest BCUT2D eigenvalue weighted by Gasteiger charge is -2.21. The van der Waals surface area contributed by atoms with Crippen molar-refractivity contribution in [1.29, 1.82) is 0 Å². The number of hydrogen-bond donors (Lipinski definition) is 2. The van der Waals surface area contributed by atoms with Gasteiger partial charge in [-0.05, 0) is 32.4 Å². The second-order valence-electron chi connectivity index (χ2n) is 4.60. The highest BCUT2D eigenvalue weighted by molar-refractivity contribution is 5.90. The van der Waals surface area contributed by atoms with Crippen LogP contribution in [0.4, 0.5) is 0 Å². The van der Waals surface area contributed by atoms with E-state index in [2.05, 4.69) is 4.98 Å². The van der Waals surface area contributed by atoms with Crippen molar-refractivity contribution in [3.63, 3.8) is 0 Å². The van der Waals surface area contributed by atoms with Crippen molar-refractivity contribution in [3.05, 3.63) is 29.5 Å². The van der Waals surface area contributed by atoms with Crippen LogP contribution in [0, 0.1) is 6.92 Å². The number of rotatable bonds is 2. The van der Waals surface area contributed by atoms with Crippen molar-refractivity contribution in [2.45, 2.75) is 26.4 Å². The van der Waals surface area contributed by atoms with Crippen LogP contribution in [0.15, 0.2) is 18.3 Å². The molecule has 0 unspecified atom stereocenters. The average Bonchev–Trinajstić information content (AvgIpc) is 2.58. The zero-order valence-corrected chi connectivity index (χ0v) is 10.1. The van der Waals surface area contributed by atoms with Crippen molar-refractivity contribution >= 4 is 10.9 Å². The second kappa shape index (κ2) is 3.52. The topological polar surface area (TPSA) is 45.2 Å². The quantitative estimate of drug-likeness (QED) is 0.815. The van der Waals surface area contributed by atoms with Crippen molar-refractivity contribution in [1.82, 2.24) is 4.98 Å². The lowest BCUT2D eigenvalue weighted by Crippen LogP contribution is -2.16. The van der Waals surface area contributed by atoms with E-state index in [1.807, 2.05) is 25.3 Å². The monoisotopic (exact) mass is 219 g/mol. The number of aryl methyl sites for hydroxylation is 1. The first-order valence-corrected chi connectivity index (χ1v) is 5.32. The molecular weight excluding hydrogens is 202 g/mol. The van der Waals surface area contributed by atoms with Gasteiger partial charge in [0.25, 0.3) is 0 Å². The van der Waals surface area contributed by atoms with Gasteiger partial charge in [-0.2, -0.15) is 0 Å². The first-order valence-electron chi connectivity index (χ1n) is 5.32. The molecule has 0 spiro atoms. The van der Waals surface area contributed by atoms with Gasteiger partial charge in [0.1, 0.15) is 5.75 Å². The van der Waals surface area contributed by atoms with Crippen LogP contribution in [0.3, 0.4) is 0 Å². The van der Waals surface area contributed by atoms with Crippen LogP contribution < -0.4 is 4.74 Å². The van der Waals surface area contributed by atoms with Gasteiger partial charge in [0, 0.05) is 22.7 Å². The van der Waals surface area contributed by atoms with Gasteiger partial charge in [-0.15, -0.1) is 0 Å². The SMILES string of the molecule is COc1c(C(C)(C)O)ccc2[nH]cc(C)c12. The highest BCUT2D eigenvalue weighted by Gasteiger charge is 2.23. The van der Waals surface area contributed by atoms with Gasteiger partial charge in [0.05, 0.1) is 12.7 Å². The maximum Gasteiger partial charge on any atom is 0.134 e. The number of aromatic nitrogens is 1. The Bertz CT molecular complexity index is 520. The summed E-state index contributed by atoms with van der Waals surface area (Å²) in [6, 6.07) is 3.87. The maximum absolute atomic E-state index is 10.1. The first kappa shape index (κ1) is 11.0. The Labute approximate surface area is 95.1 Å². The summed E-state index contributed by atoms with van der Waals surface area (Å²) in [6.07, 6.45) is 1.95. The normalized spacial score (nSPS) is 12.1. The molecule has 16 heavy (non-hydrogen) atoms. The molecule has 0 saturated carbocycles. The second-order valence-corrected chi connectivity index (χ2v) is 4.60. The van der Waals surface area contributed by atoms with Gasteiger partial charge in [-0.25, -0.2) is 0 Å². The van der Waals surface area contributed by atoms with Gasteiger partial charge in [-0.3, -0.25) is 0 Å². The molecular formula is C13H17NO2. The highest BCUT2D eigenvalue weighted by atomic mass is 16.5. The molecule has 2 N–H and O–H groups in total. The summed E-state index contributed by atoms with van der Waals surface area (Å²) in [5.74, 6) is 0.753.